The topological polar surface area (TPSA) is 84.7 Å². The number of hydrogen-bond donors (Lipinski definition) is 2. The SMILES string of the molecule is C[C@@H](NC(=O)c1cn(C2CNC2)nn1)c1ccccn1. The number of aromatic nitrogens is 4. The molecule has 0 aromatic carbocycles. The molecule has 1 aliphatic rings. The summed E-state index contributed by atoms with van der Waals surface area (Å²) in [6, 6.07) is 5.75. The van der Waals surface area contributed by atoms with E-state index in [0.29, 0.717) is 11.7 Å². The normalized spacial score (nSPS) is 16.4. The minimum absolute atomic E-state index is 0.167. The van der Waals surface area contributed by atoms with Gasteiger partial charge in [-0.3, -0.25) is 9.78 Å². The lowest BCUT2D eigenvalue weighted by Gasteiger charge is -2.26. The highest BCUT2D eigenvalue weighted by Gasteiger charge is 2.22. The van der Waals surface area contributed by atoms with Crippen molar-refractivity contribution in [3.8, 4) is 0 Å². The molecule has 0 saturated carbocycles. The molecule has 3 heterocycles. The lowest BCUT2D eigenvalue weighted by Crippen LogP contribution is -2.43. The zero-order valence-corrected chi connectivity index (χ0v) is 11.2. The monoisotopic (exact) mass is 272 g/mol. The van der Waals surface area contributed by atoms with Gasteiger partial charge in [-0.15, -0.1) is 5.10 Å². The maximum atomic E-state index is 12.1. The summed E-state index contributed by atoms with van der Waals surface area (Å²) in [6.07, 6.45) is 3.39. The van der Waals surface area contributed by atoms with Crippen LogP contribution in [0, 0.1) is 0 Å². The molecule has 20 heavy (non-hydrogen) atoms. The molecule has 2 aromatic heterocycles. The Bertz CT molecular complexity index is 592. The van der Waals surface area contributed by atoms with Crippen molar-refractivity contribution in [2.24, 2.45) is 0 Å². The van der Waals surface area contributed by atoms with Crippen molar-refractivity contribution < 1.29 is 4.79 Å². The van der Waals surface area contributed by atoms with Crippen LogP contribution < -0.4 is 10.6 Å². The second-order valence-electron chi connectivity index (χ2n) is 4.85. The highest BCUT2D eigenvalue weighted by Crippen LogP contribution is 2.11. The minimum Gasteiger partial charge on any atom is -0.342 e. The van der Waals surface area contributed by atoms with Crippen LogP contribution in [0.2, 0.25) is 0 Å². The van der Waals surface area contributed by atoms with E-state index in [2.05, 4.69) is 25.9 Å². The molecule has 2 aromatic rings. The molecule has 0 radical (unpaired) electrons. The van der Waals surface area contributed by atoms with Gasteiger partial charge in [0.1, 0.15) is 0 Å². The van der Waals surface area contributed by atoms with Crippen LogP contribution in [0.25, 0.3) is 0 Å². The van der Waals surface area contributed by atoms with E-state index in [9.17, 15) is 4.79 Å². The van der Waals surface area contributed by atoms with Crippen LogP contribution in [0.1, 0.15) is 35.2 Å². The van der Waals surface area contributed by atoms with Gasteiger partial charge in [0.05, 0.1) is 24.0 Å². The summed E-state index contributed by atoms with van der Waals surface area (Å²) < 4.78 is 1.73. The van der Waals surface area contributed by atoms with Crippen LogP contribution in [0.4, 0.5) is 0 Å². The van der Waals surface area contributed by atoms with Crippen molar-refractivity contribution in [1.29, 1.82) is 0 Å². The van der Waals surface area contributed by atoms with Crippen molar-refractivity contribution in [3.05, 3.63) is 42.0 Å². The first kappa shape index (κ1) is 12.7. The van der Waals surface area contributed by atoms with Crippen molar-refractivity contribution in [1.82, 2.24) is 30.6 Å². The number of nitrogens with zero attached hydrogens (tertiary/aromatic N) is 4. The van der Waals surface area contributed by atoms with Crippen LogP contribution in [0.3, 0.4) is 0 Å². The zero-order valence-electron chi connectivity index (χ0n) is 11.2. The minimum atomic E-state index is -0.235. The van der Waals surface area contributed by atoms with E-state index < -0.39 is 0 Å². The van der Waals surface area contributed by atoms with E-state index in [1.807, 2.05) is 25.1 Å². The van der Waals surface area contributed by atoms with Crippen LogP contribution in [0.15, 0.2) is 30.6 Å². The molecule has 0 bridgehead atoms. The van der Waals surface area contributed by atoms with Gasteiger partial charge in [0.25, 0.3) is 5.91 Å². The van der Waals surface area contributed by atoms with Gasteiger partial charge in [-0.1, -0.05) is 11.3 Å². The molecular formula is C13H16N6O. The van der Waals surface area contributed by atoms with Crippen molar-refractivity contribution in [3.63, 3.8) is 0 Å². The van der Waals surface area contributed by atoms with Gasteiger partial charge in [-0.05, 0) is 19.1 Å². The quantitative estimate of drug-likeness (QED) is 0.836. The summed E-state index contributed by atoms with van der Waals surface area (Å²) in [7, 11) is 0. The number of pyridine rings is 1. The third-order valence-electron chi connectivity index (χ3n) is 3.36. The van der Waals surface area contributed by atoms with Crippen LogP contribution >= 0.6 is 0 Å². The molecular weight excluding hydrogens is 256 g/mol. The molecule has 104 valence electrons. The standard InChI is InChI=1S/C13H16N6O/c1-9(11-4-2-3-5-15-11)16-13(20)12-8-19(18-17-12)10-6-14-7-10/h2-5,8-10,14H,6-7H2,1H3,(H,16,20)/t9-/m1/s1. The van der Waals surface area contributed by atoms with Gasteiger partial charge in [0.2, 0.25) is 0 Å². The second-order valence-corrected chi connectivity index (χ2v) is 4.85. The first-order valence-electron chi connectivity index (χ1n) is 6.58. The Balaban J connectivity index is 1.65. The predicted molar refractivity (Wildman–Crippen MR) is 72.0 cm³/mol. The number of hydrogen-bond acceptors (Lipinski definition) is 5. The molecule has 0 spiro atoms. The molecule has 0 aliphatic carbocycles. The Morgan fingerprint density at radius 1 is 1.50 bits per heavy atom. The van der Waals surface area contributed by atoms with Gasteiger partial charge < -0.3 is 10.6 Å². The number of carbonyl (C=O) groups excluding carboxylic acids is 1. The van der Waals surface area contributed by atoms with E-state index in [1.54, 1.807) is 17.1 Å². The fourth-order valence-corrected chi connectivity index (χ4v) is 2.00. The molecule has 0 unspecified atom stereocenters. The highest BCUT2D eigenvalue weighted by molar-refractivity contribution is 5.92. The number of nitrogens with one attached hydrogen (secondary N) is 2. The zero-order chi connectivity index (χ0) is 13.9. The van der Waals surface area contributed by atoms with Gasteiger partial charge in [0, 0.05) is 19.3 Å². The van der Waals surface area contributed by atoms with Gasteiger partial charge in [-0.2, -0.15) is 0 Å². The molecule has 7 heteroatoms. The fourth-order valence-electron chi connectivity index (χ4n) is 2.00. The summed E-state index contributed by atoms with van der Waals surface area (Å²) in [4.78, 5) is 16.3. The molecule has 1 saturated heterocycles. The molecule has 1 amide bonds. The van der Waals surface area contributed by atoms with E-state index in [-0.39, 0.29) is 11.9 Å². The van der Waals surface area contributed by atoms with Gasteiger partial charge in [-0.25, -0.2) is 4.68 Å². The lowest BCUT2D eigenvalue weighted by atomic mass is 10.2. The smallest absolute Gasteiger partial charge is 0.273 e. The van der Waals surface area contributed by atoms with Crippen LogP contribution in [-0.2, 0) is 0 Å². The molecule has 1 fully saturated rings. The maximum absolute atomic E-state index is 12.1. The number of rotatable bonds is 4. The average Bonchev–Trinajstić information content (AvgIpc) is 2.87. The molecule has 3 rings (SSSR count). The fraction of sp³-hybridized carbons (Fsp3) is 0.385. The molecule has 1 aliphatic heterocycles. The summed E-state index contributed by atoms with van der Waals surface area (Å²) in [5.74, 6) is -0.235. The second kappa shape index (κ2) is 5.38. The summed E-state index contributed by atoms with van der Waals surface area (Å²) >= 11 is 0. The van der Waals surface area contributed by atoms with Crippen molar-refractivity contribution in [2.75, 3.05) is 13.1 Å². The maximum Gasteiger partial charge on any atom is 0.273 e. The van der Waals surface area contributed by atoms with E-state index in [4.69, 9.17) is 0 Å². The Morgan fingerprint density at radius 2 is 2.35 bits per heavy atom. The number of carbonyl (C=O) groups is 1. The first-order chi connectivity index (χ1) is 9.74. The summed E-state index contributed by atoms with van der Waals surface area (Å²) in [5, 5.41) is 13.9. The molecule has 1 atom stereocenters. The van der Waals surface area contributed by atoms with Crippen LogP contribution in [-0.4, -0.2) is 39.0 Å². The predicted octanol–water partition coefficient (Wildman–Crippen LogP) is 0.308. The number of amides is 1. The van der Waals surface area contributed by atoms with Gasteiger partial charge in [0.15, 0.2) is 5.69 Å². The third-order valence-corrected chi connectivity index (χ3v) is 3.36. The van der Waals surface area contributed by atoms with Crippen molar-refractivity contribution in [2.45, 2.75) is 19.0 Å². The van der Waals surface area contributed by atoms with E-state index in [0.717, 1.165) is 18.8 Å². The van der Waals surface area contributed by atoms with Gasteiger partial charge >= 0.3 is 0 Å². The highest BCUT2D eigenvalue weighted by atomic mass is 16.2. The first-order valence-corrected chi connectivity index (χ1v) is 6.58. The lowest BCUT2D eigenvalue weighted by molar-refractivity contribution is 0.0934. The Kier molecular flexibility index (Phi) is 3.42. The largest absolute Gasteiger partial charge is 0.342 e. The third kappa shape index (κ3) is 2.53. The Hall–Kier alpha value is -2.28. The van der Waals surface area contributed by atoms with E-state index >= 15 is 0 Å². The Morgan fingerprint density at radius 3 is 3.00 bits per heavy atom. The average molecular weight is 272 g/mol. The summed E-state index contributed by atoms with van der Waals surface area (Å²) in [6.45, 7) is 3.63. The van der Waals surface area contributed by atoms with Crippen LogP contribution in [0.5, 0.6) is 0 Å². The summed E-state index contributed by atoms with van der Waals surface area (Å²) in [5.41, 5.74) is 1.15. The Labute approximate surface area is 116 Å². The van der Waals surface area contributed by atoms with Crippen molar-refractivity contribution >= 4 is 5.91 Å². The van der Waals surface area contributed by atoms with E-state index in [1.165, 1.54) is 0 Å². The molecule has 7 nitrogen and oxygen atoms in total. The molecule has 2 N–H and O–H groups in total.